The number of carboxylic acid groups (broad SMARTS) is 2. The topological polar surface area (TPSA) is 174 Å². The maximum Gasteiger partial charge on any atom is 0.339 e. The van der Waals surface area contributed by atoms with E-state index in [9.17, 15) is 40.2 Å². The Morgan fingerprint density at radius 3 is 1.66 bits per heavy atom. The van der Waals surface area contributed by atoms with Crippen molar-refractivity contribution in [2.24, 2.45) is 0 Å². The molecule has 0 bridgehead atoms. The van der Waals surface area contributed by atoms with Gasteiger partial charge in [0, 0.05) is 16.7 Å². The minimum absolute atomic E-state index is 0.0116. The van der Waals surface area contributed by atoms with Crippen molar-refractivity contribution in [1.29, 1.82) is 0 Å². The van der Waals surface area contributed by atoms with E-state index in [1.807, 2.05) is 32.1 Å². The zero-order chi connectivity index (χ0) is 55.3. The highest BCUT2D eigenvalue weighted by atomic mass is 16.5. The summed E-state index contributed by atoms with van der Waals surface area (Å²) < 4.78 is 11.7. The van der Waals surface area contributed by atoms with Crippen molar-refractivity contribution in [3.8, 4) is 45.6 Å². The molecule has 0 aromatic heterocycles. The number of aromatic hydroxyl groups is 4. The number of carboxylic acids is 2. The number of allylic oxidation sites excluding steroid dienone is 8. The molecule has 10 nitrogen and oxygen atoms in total. The predicted molar refractivity (Wildman–Crippen MR) is 303 cm³/mol. The van der Waals surface area contributed by atoms with Gasteiger partial charge in [0.1, 0.15) is 51.2 Å². The molecule has 10 heteroatoms. The number of aryl methyl sites for hydroxylation is 4. The van der Waals surface area contributed by atoms with Gasteiger partial charge in [-0.15, -0.1) is 0 Å². The molecule has 0 amide bonds. The molecular formula is C64H88O10. The van der Waals surface area contributed by atoms with E-state index in [-0.39, 0.29) is 39.5 Å². The summed E-state index contributed by atoms with van der Waals surface area (Å²) in [5.41, 5.74) is 11.8. The summed E-state index contributed by atoms with van der Waals surface area (Å²) in [4.78, 5) is 23.2. The number of hydrogen-bond acceptors (Lipinski definition) is 8. The van der Waals surface area contributed by atoms with Crippen LogP contribution in [-0.2, 0) is 37.7 Å². The van der Waals surface area contributed by atoms with Crippen LogP contribution in [0.15, 0.2) is 89.1 Å². The molecule has 404 valence electrons. The highest BCUT2D eigenvalue weighted by Crippen LogP contribution is 2.50. The number of ether oxygens (including phenoxy) is 2. The fraction of sp³-hybridized carbons (Fsp3) is 0.469. The molecular weight excluding hydrogens is 929 g/mol. The minimum atomic E-state index is -1.17. The first-order chi connectivity index (χ1) is 35.0. The zero-order valence-electron chi connectivity index (χ0n) is 47.0. The van der Waals surface area contributed by atoms with Crippen molar-refractivity contribution in [2.75, 3.05) is 7.11 Å². The van der Waals surface area contributed by atoms with Gasteiger partial charge in [0.2, 0.25) is 0 Å². The molecule has 0 spiro atoms. The molecule has 0 fully saturated rings. The summed E-state index contributed by atoms with van der Waals surface area (Å²) in [6.07, 6.45) is 22.2. The number of benzene rings is 4. The molecule has 5 rings (SSSR count). The standard InChI is InChI=1S/C23H34O4.C21H26O2.C20H28O4/c1-6-7-8-12-18-15-20(27-5)19(22(24)21(18)23(25)26)14-13-17(4)11-9-10-16(2)3;1-5-6-7-8-15-12-18(22)20-16-11-14(2)9-10-17(16)21(3,4)23-19(20)13-15;1-5-7-15-12-17(21)16(19(22)18(15)20(23)24)11-10-14(4)9-6-8-13(2)3/h10,13,15,24H,6-9,11-12,14H2,1-5H3,(H,25,26);9-13,22H,5-8H2,1-4H3;8,10,12,21-22H,5-7,9,11H2,1-4H3,(H,23,24)/b17-13+;;14-10+. The number of fused-ring (bicyclic) bond motifs is 3. The predicted octanol–water partition coefficient (Wildman–Crippen LogP) is 16.8. The van der Waals surface area contributed by atoms with Gasteiger partial charge in [0.15, 0.2) is 0 Å². The SMILES string of the molecule is CCCCCc1cc(O)c2c(c1)OC(C)(C)c1ccc(C)cc1-2.CCCCCc1cc(OC)c(C/C=C(\C)CCC=C(C)C)c(O)c1C(=O)O.CCCc1cc(O)c(C/C=C(\C)CCC=C(C)C)c(O)c1C(=O)O. The lowest BCUT2D eigenvalue weighted by Crippen LogP contribution is -2.29. The summed E-state index contributed by atoms with van der Waals surface area (Å²) in [6, 6.07) is 13.6. The smallest absolute Gasteiger partial charge is 0.339 e. The Kier molecular flexibility index (Phi) is 25.1. The van der Waals surface area contributed by atoms with E-state index < -0.39 is 11.9 Å². The van der Waals surface area contributed by atoms with Gasteiger partial charge in [-0.25, -0.2) is 9.59 Å². The maximum absolute atomic E-state index is 11.7. The fourth-order valence-corrected chi connectivity index (χ4v) is 9.16. The Labute approximate surface area is 443 Å². The van der Waals surface area contributed by atoms with E-state index in [0.717, 1.165) is 97.8 Å². The first-order valence-corrected chi connectivity index (χ1v) is 26.7. The largest absolute Gasteiger partial charge is 0.508 e. The highest BCUT2D eigenvalue weighted by molar-refractivity contribution is 5.94. The lowest BCUT2D eigenvalue weighted by molar-refractivity contribution is 0.0680. The summed E-state index contributed by atoms with van der Waals surface area (Å²) >= 11 is 0. The number of hydrogen-bond donors (Lipinski definition) is 6. The van der Waals surface area contributed by atoms with Crippen LogP contribution in [0.25, 0.3) is 11.1 Å². The van der Waals surface area contributed by atoms with E-state index in [1.54, 1.807) is 13.2 Å². The monoisotopic (exact) mass is 1020 g/mol. The number of aromatic carboxylic acids is 2. The van der Waals surface area contributed by atoms with Crippen molar-refractivity contribution >= 4 is 11.9 Å². The maximum atomic E-state index is 11.7. The molecule has 4 aromatic carbocycles. The molecule has 1 aliphatic rings. The highest BCUT2D eigenvalue weighted by Gasteiger charge is 2.34. The molecule has 0 saturated carbocycles. The molecule has 0 saturated heterocycles. The first kappa shape index (κ1) is 61.9. The Balaban J connectivity index is 0.000000293. The van der Waals surface area contributed by atoms with E-state index in [4.69, 9.17) is 9.47 Å². The average Bonchev–Trinajstić information content (AvgIpc) is 3.30. The van der Waals surface area contributed by atoms with Crippen molar-refractivity contribution in [3.63, 3.8) is 0 Å². The van der Waals surface area contributed by atoms with Crippen molar-refractivity contribution in [3.05, 3.63) is 139 Å². The normalized spacial score (nSPS) is 12.4. The van der Waals surface area contributed by atoms with Crippen LogP contribution in [0.2, 0.25) is 0 Å². The molecule has 1 aliphatic heterocycles. The van der Waals surface area contributed by atoms with Gasteiger partial charge >= 0.3 is 11.9 Å². The van der Waals surface area contributed by atoms with Gasteiger partial charge in [-0.3, -0.25) is 0 Å². The van der Waals surface area contributed by atoms with Gasteiger partial charge < -0.3 is 40.1 Å². The van der Waals surface area contributed by atoms with Gasteiger partial charge in [-0.05, 0) is 179 Å². The molecule has 4 aromatic rings. The Bertz CT molecular complexity index is 2650. The van der Waals surface area contributed by atoms with Crippen LogP contribution >= 0.6 is 0 Å². The second-order valence-electron chi connectivity index (χ2n) is 20.8. The van der Waals surface area contributed by atoms with Gasteiger partial charge in [0.05, 0.1) is 12.7 Å². The summed E-state index contributed by atoms with van der Waals surface area (Å²) in [5, 5.41) is 60.8. The van der Waals surface area contributed by atoms with E-state index >= 15 is 0 Å². The molecule has 0 radical (unpaired) electrons. The average molecular weight is 1020 g/mol. The Morgan fingerprint density at radius 1 is 0.622 bits per heavy atom. The van der Waals surface area contributed by atoms with Crippen molar-refractivity contribution in [1.82, 2.24) is 0 Å². The Hall–Kier alpha value is -6.42. The summed E-state index contributed by atoms with van der Waals surface area (Å²) in [6.45, 7) is 24.8. The lowest BCUT2D eigenvalue weighted by Gasteiger charge is -2.35. The van der Waals surface area contributed by atoms with E-state index in [2.05, 4.69) is 106 Å². The van der Waals surface area contributed by atoms with Crippen LogP contribution in [0.3, 0.4) is 0 Å². The number of carbonyl (C=O) groups is 2. The van der Waals surface area contributed by atoms with Crippen LogP contribution in [-0.4, -0.2) is 49.7 Å². The second-order valence-corrected chi connectivity index (χ2v) is 20.8. The van der Waals surface area contributed by atoms with Crippen LogP contribution in [0.1, 0.15) is 206 Å². The van der Waals surface area contributed by atoms with Crippen LogP contribution < -0.4 is 9.47 Å². The number of phenols is 4. The van der Waals surface area contributed by atoms with E-state index in [1.165, 1.54) is 41.2 Å². The molecule has 0 aliphatic carbocycles. The quantitative estimate of drug-likeness (QED) is 0.0310. The second kappa shape index (κ2) is 30.1. The van der Waals surface area contributed by atoms with Gasteiger partial charge in [-0.2, -0.15) is 0 Å². The fourth-order valence-electron chi connectivity index (χ4n) is 9.16. The third-order valence-electron chi connectivity index (χ3n) is 13.3. The van der Waals surface area contributed by atoms with Crippen LogP contribution in [0.4, 0.5) is 0 Å². The molecule has 74 heavy (non-hydrogen) atoms. The van der Waals surface area contributed by atoms with Crippen molar-refractivity contribution in [2.45, 2.75) is 191 Å². The summed E-state index contributed by atoms with van der Waals surface area (Å²) in [5.74, 6) is -1.10. The number of phenolic OH excluding ortho intramolecular Hbond substituents is 2. The van der Waals surface area contributed by atoms with Crippen LogP contribution in [0, 0.1) is 6.92 Å². The minimum Gasteiger partial charge on any atom is -0.508 e. The van der Waals surface area contributed by atoms with Crippen molar-refractivity contribution < 1.29 is 49.7 Å². The third-order valence-corrected chi connectivity index (χ3v) is 13.3. The Morgan fingerprint density at radius 2 is 1.15 bits per heavy atom. The number of rotatable bonds is 23. The van der Waals surface area contributed by atoms with E-state index in [0.29, 0.717) is 53.9 Å². The zero-order valence-corrected chi connectivity index (χ0v) is 47.0. The molecule has 6 N–H and O–H groups in total. The first-order valence-electron chi connectivity index (χ1n) is 26.7. The molecule has 0 atom stereocenters. The van der Waals surface area contributed by atoms with Crippen LogP contribution in [0.5, 0.6) is 34.5 Å². The van der Waals surface area contributed by atoms with Gasteiger partial charge in [0.25, 0.3) is 0 Å². The van der Waals surface area contributed by atoms with Gasteiger partial charge in [-0.1, -0.05) is 123 Å². The number of methoxy groups -OCH3 is 1. The third kappa shape index (κ3) is 18.2. The summed E-state index contributed by atoms with van der Waals surface area (Å²) in [7, 11) is 1.56. The lowest BCUT2D eigenvalue weighted by atomic mass is 9.84. The molecule has 1 heterocycles. The molecule has 0 unspecified atom stereocenters. The number of unbranched alkanes of at least 4 members (excludes halogenated alkanes) is 4.